The van der Waals surface area contributed by atoms with Crippen molar-refractivity contribution in [2.45, 2.75) is 38.9 Å². The molecular formula is C15H23NO6S. The van der Waals surface area contributed by atoms with Crippen molar-refractivity contribution in [2.24, 2.45) is 0 Å². The summed E-state index contributed by atoms with van der Waals surface area (Å²) in [5.74, 6) is 0.0857. The quantitative estimate of drug-likeness (QED) is 0.789. The molecule has 0 aliphatic rings. The molecule has 0 radical (unpaired) electrons. The number of ether oxygens (including phenoxy) is 1. The van der Waals surface area contributed by atoms with E-state index >= 15 is 0 Å². The van der Waals surface area contributed by atoms with Crippen LogP contribution in [0.25, 0.3) is 0 Å². The summed E-state index contributed by atoms with van der Waals surface area (Å²) in [6.07, 6.45) is 0.281. The van der Waals surface area contributed by atoms with Crippen molar-refractivity contribution in [1.82, 2.24) is 5.32 Å². The van der Waals surface area contributed by atoms with Crippen LogP contribution in [0.4, 0.5) is 4.79 Å². The van der Waals surface area contributed by atoms with Gasteiger partial charge < -0.3 is 19.3 Å². The SMILES string of the molecule is CC(C)(C)OC(=O)NCC(C)(O)c1cccc(OS(C)(=O)=O)c1. The maximum absolute atomic E-state index is 11.6. The molecule has 0 saturated heterocycles. The van der Waals surface area contributed by atoms with Crippen LogP contribution in [-0.4, -0.2) is 38.0 Å². The molecule has 0 spiro atoms. The summed E-state index contributed by atoms with van der Waals surface area (Å²) in [4.78, 5) is 11.6. The second-order valence-corrected chi connectivity index (χ2v) is 8.02. The number of carbonyl (C=O) groups excluding carboxylic acids is 1. The number of benzene rings is 1. The number of hydrogen-bond acceptors (Lipinski definition) is 6. The van der Waals surface area contributed by atoms with Crippen LogP contribution >= 0.6 is 0 Å². The van der Waals surface area contributed by atoms with Gasteiger partial charge in [0.25, 0.3) is 0 Å². The zero-order valence-corrected chi connectivity index (χ0v) is 14.7. The van der Waals surface area contributed by atoms with E-state index in [0.29, 0.717) is 5.56 Å². The molecule has 0 aliphatic carbocycles. The molecule has 0 saturated carbocycles. The monoisotopic (exact) mass is 345 g/mol. The summed E-state index contributed by atoms with van der Waals surface area (Å²) in [6.45, 7) is 6.58. The van der Waals surface area contributed by atoms with Gasteiger partial charge in [-0.25, -0.2) is 4.79 Å². The van der Waals surface area contributed by atoms with Crippen molar-refractivity contribution in [2.75, 3.05) is 12.8 Å². The fourth-order valence-corrected chi connectivity index (χ4v) is 2.17. The Labute approximate surface area is 136 Å². The van der Waals surface area contributed by atoms with Crippen molar-refractivity contribution in [3.05, 3.63) is 29.8 Å². The normalized spacial score (nSPS) is 14.7. The number of rotatable bonds is 5. The van der Waals surface area contributed by atoms with Crippen LogP contribution in [0.5, 0.6) is 5.75 Å². The topological polar surface area (TPSA) is 102 Å². The predicted molar refractivity (Wildman–Crippen MR) is 85.7 cm³/mol. The standard InChI is InChI=1S/C15H23NO6S/c1-14(2,3)21-13(17)16-10-15(4,18)11-7-6-8-12(9-11)22-23(5,19)20/h6-9,18H,10H2,1-5H3,(H,16,17). The molecular weight excluding hydrogens is 322 g/mol. The minimum Gasteiger partial charge on any atom is -0.444 e. The van der Waals surface area contributed by atoms with Crippen molar-refractivity contribution in [1.29, 1.82) is 0 Å². The number of aliphatic hydroxyl groups is 1. The van der Waals surface area contributed by atoms with Gasteiger partial charge in [-0.2, -0.15) is 8.42 Å². The number of nitrogens with one attached hydrogen (secondary N) is 1. The molecule has 1 atom stereocenters. The Morgan fingerprint density at radius 1 is 1.26 bits per heavy atom. The summed E-state index contributed by atoms with van der Waals surface area (Å²) in [6, 6.07) is 6.02. The molecule has 0 aromatic heterocycles. The highest BCUT2D eigenvalue weighted by molar-refractivity contribution is 7.86. The maximum Gasteiger partial charge on any atom is 0.407 e. The zero-order valence-electron chi connectivity index (χ0n) is 13.9. The fraction of sp³-hybridized carbons (Fsp3) is 0.533. The third-order valence-corrected chi connectivity index (χ3v) is 3.17. The Kier molecular flexibility index (Phi) is 5.65. The van der Waals surface area contributed by atoms with E-state index in [0.717, 1.165) is 6.26 Å². The first kappa shape index (κ1) is 19.2. The van der Waals surface area contributed by atoms with Gasteiger partial charge in [-0.1, -0.05) is 12.1 Å². The smallest absolute Gasteiger partial charge is 0.407 e. The Balaban J connectivity index is 2.80. The molecule has 0 heterocycles. The molecule has 0 bridgehead atoms. The van der Waals surface area contributed by atoms with Gasteiger partial charge in [0.2, 0.25) is 0 Å². The van der Waals surface area contributed by atoms with Crippen molar-refractivity contribution < 1.29 is 27.2 Å². The molecule has 1 unspecified atom stereocenters. The van der Waals surface area contributed by atoms with Crippen LogP contribution < -0.4 is 9.50 Å². The Bertz CT molecular complexity index is 661. The number of alkyl carbamates (subject to hydrolysis) is 1. The molecule has 8 heteroatoms. The molecule has 1 amide bonds. The first-order chi connectivity index (χ1) is 10.3. The van der Waals surface area contributed by atoms with Gasteiger partial charge >= 0.3 is 16.2 Å². The molecule has 2 N–H and O–H groups in total. The lowest BCUT2D eigenvalue weighted by Gasteiger charge is -2.26. The lowest BCUT2D eigenvalue weighted by atomic mass is 9.96. The van der Waals surface area contributed by atoms with Crippen LogP contribution in [0.2, 0.25) is 0 Å². The molecule has 23 heavy (non-hydrogen) atoms. The summed E-state index contributed by atoms with van der Waals surface area (Å²) < 4.78 is 32.2. The van der Waals surface area contributed by atoms with Gasteiger partial charge in [-0.3, -0.25) is 0 Å². The van der Waals surface area contributed by atoms with E-state index < -0.39 is 27.4 Å². The van der Waals surface area contributed by atoms with Crippen LogP contribution in [0.1, 0.15) is 33.3 Å². The largest absolute Gasteiger partial charge is 0.444 e. The molecule has 1 aromatic rings. The van der Waals surface area contributed by atoms with E-state index in [-0.39, 0.29) is 12.3 Å². The average Bonchev–Trinajstić information content (AvgIpc) is 2.33. The molecule has 1 rings (SSSR count). The van der Waals surface area contributed by atoms with E-state index in [2.05, 4.69) is 5.32 Å². The highest BCUT2D eigenvalue weighted by atomic mass is 32.2. The minimum atomic E-state index is -3.66. The highest BCUT2D eigenvalue weighted by Gasteiger charge is 2.26. The van der Waals surface area contributed by atoms with Gasteiger partial charge in [0.15, 0.2) is 0 Å². The average molecular weight is 345 g/mol. The lowest BCUT2D eigenvalue weighted by Crippen LogP contribution is -2.41. The Morgan fingerprint density at radius 3 is 2.39 bits per heavy atom. The van der Waals surface area contributed by atoms with Crippen LogP contribution in [-0.2, 0) is 20.5 Å². The molecule has 7 nitrogen and oxygen atoms in total. The predicted octanol–water partition coefficient (Wildman–Crippen LogP) is 1.76. The Morgan fingerprint density at radius 2 is 1.87 bits per heavy atom. The van der Waals surface area contributed by atoms with Gasteiger partial charge in [-0.05, 0) is 45.4 Å². The van der Waals surface area contributed by atoms with Gasteiger partial charge in [-0.15, -0.1) is 0 Å². The second kappa shape index (κ2) is 6.76. The maximum atomic E-state index is 11.6. The van der Waals surface area contributed by atoms with Gasteiger partial charge in [0, 0.05) is 0 Å². The van der Waals surface area contributed by atoms with Crippen molar-refractivity contribution in [3.63, 3.8) is 0 Å². The number of hydrogen-bond donors (Lipinski definition) is 2. The first-order valence-corrected chi connectivity index (χ1v) is 8.79. The minimum absolute atomic E-state index is 0.0857. The van der Waals surface area contributed by atoms with E-state index in [1.165, 1.54) is 19.1 Å². The Hall–Kier alpha value is -1.80. The third kappa shape index (κ3) is 7.34. The van der Waals surface area contributed by atoms with Gasteiger partial charge in [0.05, 0.1) is 12.8 Å². The van der Waals surface area contributed by atoms with E-state index in [9.17, 15) is 18.3 Å². The van der Waals surface area contributed by atoms with Crippen molar-refractivity contribution in [3.8, 4) is 5.75 Å². The second-order valence-electron chi connectivity index (χ2n) is 6.44. The molecule has 0 aliphatic heterocycles. The molecule has 0 fully saturated rings. The summed E-state index contributed by atoms with van der Waals surface area (Å²) in [5, 5.41) is 13.0. The zero-order chi connectivity index (χ0) is 17.9. The highest BCUT2D eigenvalue weighted by Crippen LogP contribution is 2.24. The fourth-order valence-electron chi connectivity index (χ4n) is 1.72. The lowest BCUT2D eigenvalue weighted by molar-refractivity contribution is 0.0316. The van der Waals surface area contributed by atoms with E-state index in [1.54, 1.807) is 32.9 Å². The van der Waals surface area contributed by atoms with Crippen LogP contribution in [0.15, 0.2) is 24.3 Å². The number of carbonyl (C=O) groups is 1. The van der Waals surface area contributed by atoms with Crippen LogP contribution in [0, 0.1) is 0 Å². The molecule has 130 valence electrons. The third-order valence-electron chi connectivity index (χ3n) is 2.68. The van der Waals surface area contributed by atoms with Gasteiger partial charge in [0.1, 0.15) is 17.0 Å². The summed E-state index contributed by atoms with van der Waals surface area (Å²) >= 11 is 0. The first-order valence-electron chi connectivity index (χ1n) is 6.98. The van der Waals surface area contributed by atoms with Crippen molar-refractivity contribution >= 4 is 16.2 Å². The summed E-state index contributed by atoms with van der Waals surface area (Å²) in [7, 11) is -3.66. The van der Waals surface area contributed by atoms with E-state index in [1.807, 2.05) is 0 Å². The summed E-state index contributed by atoms with van der Waals surface area (Å²) in [5.41, 5.74) is -1.66. The number of amides is 1. The molecule has 1 aromatic carbocycles. The van der Waals surface area contributed by atoms with Crippen LogP contribution in [0.3, 0.4) is 0 Å². The van der Waals surface area contributed by atoms with E-state index in [4.69, 9.17) is 8.92 Å².